The van der Waals surface area contributed by atoms with Crippen molar-refractivity contribution in [1.82, 2.24) is 9.13 Å². The highest BCUT2D eigenvalue weighted by molar-refractivity contribution is 6.13. The molecular weight excluding hydrogens is 617 g/mol. The van der Waals surface area contributed by atoms with Gasteiger partial charge in [0.1, 0.15) is 11.6 Å². The predicted molar refractivity (Wildman–Crippen MR) is 192 cm³/mol. The van der Waals surface area contributed by atoms with Gasteiger partial charge in [0.05, 0.1) is 81.5 Å². The van der Waals surface area contributed by atoms with E-state index in [2.05, 4.69) is 34.0 Å². The molecule has 0 unspecified atom stereocenters. The van der Waals surface area contributed by atoms with Gasteiger partial charge in [0.2, 0.25) is 0 Å². The lowest BCUT2D eigenvalue weighted by Crippen LogP contribution is -2.05. The van der Waals surface area contributed by atoms with Crippen LogP contribution in [0.3, 0.4) is 0 Å². The molecule has 0 aliphatic carbocycles. The van der Waals surface area contributed by atoms with E-state index in [-0.39, 0.29) is 0 Å². The fourth-order valence-electron chi connectivity index (χ4n) is 6.83. The van der Waals surface area contributed by atoms with Crippen molar-refractivity contribution in [3.05, 3.63) is 154 Å². The van der Waals surface area contributed by atoms with Crippen LogP contribution in [0.25, 0.3) is 75.8 Å². The Hall–Kier alpha value is -8.14. The molecule has 50 heavy (non-hydrogen) atoms. The van der Waals surface area contributed by atoms with Gasteiger partial charge in [-0.15, -0.1) is 0 Å². The standard InChI is InChI=1S/C42H18N8/c1-47-30-8-12-39-34(19-30)35-20-31(48-2)9-13-40(35)50(39)42-18-29(28-5-3-4-25(14-28)21-43)17-41(36(42)24-46)49-37-10-6-26(22-44)15-32(37)33-16-27(23-45)7-11-38(33)49/h3-20H. The third-order valence-corrected chi connectivity index (χ3v) is 9.03. The Bertz CT molecular complexity index is 2750. The van der Waals surface area contributed by atoms with Gasteiger partial charge in [0.15, 0.2) is 11.4 Å². The van der Waals surface area contributed by atoms with Gasteiger partial charge in [-0.3, -0.25) is 0 Å². The van der Waals surface area contributed by atoms with Crippen molar-refractivity contribution in [2.45, 2.75) is 0 Å². The molecule has 0 bridgehead atoms. The molecule has 0 saturated heterocycles. The second kappa shape index (κ2) is 11.3. The van der Waals surface area contributed by atoms with Crippen LogP contribution in [0, 0.1) is 58.5 Å². The van der Waals surface area contributed by atoms with E-state index in [0.717, 1.165) is 54.7 Å². The first kappa shape index (κ1) is 29.3. The number of nitrogens with zero attached hydrogens (tertiary/aromatic N) is 8. The monoisotopic (exact) mass is 634 g/mol. The van der Waals surface area contributed by atoms with Crippen LogP contribution in [0.15, 0.2) is 109 Å². The molecule has 8 nitrogen and oxygen atoms in total. The predicted octanol–water partition coefficient (Wildman–Crippen LogP) is 10.1. The SMILES string of the molecule is [C-]#[N+]c1ccc2c(c1)c1cc([N+]#[C-])ccc1n2-c1cc(-c2cccc(C#N)c2)cc(-n2c3ccc(C#N)cc3c3cc(C#N)ccc32)c1C#N. The molecule has 8 heteroatoms. The average molecular weight is 635 g/mol. The van der Waals surface area contributed by atoms with Gasteiger partial charge in [-0.05, 0) is 107 Å². The van der Waals surface area contributed by atoms with Gasteiger partial charge in [-0.2, -0.15) is 21.0 Å². The van der Waals surface area contributed by atoms with E-state index in [0.29, 0.717) is 45.0 Å². The zero-order chi connectivity index (χ0) is 34.5. The molecule has 2 heterocycles. The second-order valence-electron chi connectivity index (χ2n) is 11.7. The first-order valence-corrected chi connectivity index (χ1v) is 15.3. The van der Waals surface area contributed by atoms with E-state index in [1.807, 2.05) is 57.7 Å². The molecule has 0 spiro atoms. The first-order valence-electron chi connectivity index (χ1n) is 15.3. The molecule has 0 atom stereocenters. The topological polar surface area (TPSA) is 114 Å². The number of hydrogen-bond acceptors (Lipinski definition) is 4. The lowest BCUT2D eigenvalue weighted by molar-refractivity contribution is 1.12. The summed E-state index contributed by atoms with van der Waals surface area (Å²) in [5, 5.41) is 43.4. The lowest BCUT2D eigenvalue weighted by Gasteiger charge is -2.18. The van der Waals surface area contributed by atoms with Crippen LogP contribution >= 0.6 is 0 Å². The summed E-state index contributed by atoms with van der Waals surface area (Å²) in [5.74, 6) is 0. The third-order valence-electron chi connectivity index (χ3n) is 9.03. The highest BCUT2D eigenvalue weighted by atomic mass is 15.0. The highest BCUT2D eigenvalue weighted by Crippen LogP contribution is 2.42. The molecule has 2 aromatic heterocycles. The summed E-state index contributed by atoms with van der Waals surface area (Å²) in [6, 6.07) is 41.8. The van der Waals surface area contributed by atoms with E-state index in [1.54, 1.807) is 60.7 Å². The Kier molecular flexibility index (Phi) is 6.60. The quantitative estimate of drug-likeness (QED) is 0.180. The van der Waals surface area contributed by atoms with E-state index < -0.39 is 0 Å². The number of nitriles is 4. The molecule has 8 aromatic rings. The summed E-state index contributed by atoms with van der Waals surface area (Å²) in [5.41, 5.74) is 8.27. The average Bonchev–Trinajstić information content (AvgIpc) is 3.67. The summed E-state index contributed by atoms with van der Waals surface area (Å²) < 4.78 is 3.97. The summed E-state index contributed by atoms with van der Waals surface area (Å²) in [7, 11) is 0. The van der Waals surface area contributed by atoms with Crippen LogP contribution < -0.4 is 0 Å². The molecule has 0 fully saturated rings. The van der Waals surface area contributed by atoms with Crippen LogP contribution in [0.4, 0.5) is 11.4 Å². The van der Waals surface area contributed by atoms with Crippen molar-refractivity contribution in [2.24, 2.45) is 0 Å². The summed E-state index contributed by atoms with van der Waals surface area (Å²) in [6.07, 6.45) is 0. The van der Waals surface area contributed by atoms with Crippen molar-refractivity contribution < 1.29 is 0 Å². The molecule has 0 aliphatic heterocycles. The number of rotatable bonds is 3. The van der Waals surface area contributed by atoms with E-state index in [4.69, 9.17) is 13.1 Å². The molecule has 0 radical (unpaired) electrons. The Morgan fingerprint density at radius 2 is 0.880 bits per heavy atom. The summed E-state index contributed by atoms with van der Waals surface area (Å²) >= 11 is 0. The largest absolute Gasteiger partial charge is 0.308 e. The fourth-order valence-corrected chi connectivity index (χ4v) is 6.83. The van der Waals surface area contributed by atoms with E-state index in [9.17, 15) is 21.0 Å². The number of fused-ring (bicyclic) bond motifs is 6. The summed E-state index contributed by atoms with van der Waals surface area (Å²) in [4.78, 5) is 7.29. The van der Waals surface area contributed by atoms with Gasteiger partial charge in [-0.1, -0.05) is 24.3 Å². The molecule has 6 aromatic carbocycles. The maximum absolute atomic E-state index is 11.1. The fraction of sp³-hybridized carbons (Fsp3) is 0. The highest BCUT2D eigenvalue weighted by Gasteiger charge is 2.23. The van der Waals surface area contributed by atoms with Crippen LogP contribution in [0.2, 0.25) is 0 Å². The van der Waals surface area contributed by atoms with Gasteiger partial charge in [0.25, 0.3) is 0 Å². The summed E-state index contributed by atoms with van der Waals surface area (Å²) in [6.45, 7) is 15.3. The lowest BCUT2D eigenvalue weighted by atomic mass is 9.98. The van der Waals surface area contributed by atoms with Gasteiger partial charge >= 0.3 is 0 Å². The Morgan fingerprint density at radius 1 is 0.440 bits per heavy atom. The molecule has 0 aliphatic rings. The van der Waals surface area contributed by atoms with Crippen molar-refractivity contribution >= 4 is 55.0 Å². The van der Waals surface area contributed by atoms with Crippen molar-refractivity contribution in [3.8, 4) is 46.8 Å². The van der Waals surface area contributed by atoms with Crippen molar-refractivity contribution in [2.75, 3.05) is 0 Å². The molecule has 226 valence electrons. The Balaban J connectivity index is 1.57. The Labute approximate surface area is 285 Å². The number of aromatic nitrogens is 2. The molecule has 0 N–H and O–H groups in total. The molecule has 0 saturated carbocycles. The van der Waals surface area contributed by atoms with Crippen LogP contribution in [0.5, 0.6) is 0 Å². The minimum absolute atomic E-state index is 0.347. The van der Waals surface area contributed by atoms with Crippen LogP contribution in [-0.2, 0) is 0 Å². The normalized spacial score (nSPS) is 10.7. The Morgan fingerprint density at radius 3 is 1.32 bits per heavy atom. The minimum Gasteiger partial charge on any atom is -0.308 e. The zero-order valence-corrected chi connectivity index (χ0v) is 26.0. The molecule has 8 rings (SSSR count). The van der Waals surface area contributed by atoms with Crippen LogP contribution in [-0.4, -0.2) is 9.13 Å². The maximum atomic E-state index is 11.1. The first-order chi connectivity index (χ1) is 24.5. The number of benzene rings is 6. The second-order valence-corrected chi connectivity index (χ2v) is 11.7. The zero-order valence-electron chi connectivity index (χ0n) is 26.0. The van der Waals surface area contributed by atoms with Crippen LogP contribution in [0.1, 0.15) is 22.3 Å². The molecular formula is C42H18N8. The van der Waals surface area contributed by atoms with Crippen molar-refractivity contribution in [3.63, 3.8) is 0 Å². The maximum Gasteiger partial charge on any atom is 0.188 e. The third kappa shape index (κ3) is 4.33. The van der Waals surface area contributed by atoms with Gasteiger partial charge < -0.3 is 9.13 Å². The van der Waals surface area contributed by atoms with E-state index in [1.165, 1.54) is 0 Å². The van der Waals surface area contributed by atoms with E-state index >= 15 is 0 Å². The smallest absolute Gasteiger partial charge is 0.188 e. The minimum atomic E-state index is 0.347. The van der Waals surface area contributed by atoms with Gasteiger partial charge in [0, 0.05) is 10.8 Å². The van der Waals surface area contributed by atoms with Crippen molar-refractivity contribution in [1.29, 1.82) is 21.0 Å². The molecule has 0 amide bonds. The van der Waals surface area contributed by atoms with Gasteiger partial charge in [-0.25, -0.2) is 9.69 Å². The number of hydrogen-bond donors (Lipinski definition) is 0.